The van der Waals surface area contributed by atoms with E-state index in [1.807, 2.05) is 19.1 Å². The molecule has 1 saturated heterocycles. The molecule has 2 amide bonds. The molecular weight excluding hydrogens is 402 g/mol. The third-order valence-corrected chi connectivity index (χ3v) is 5.14. The zero-order chi connectivity index (χ0) is 21.5. The lowest BCUT2D eigenvalue weighted by Gasteiger charge is -2.21. The van der Waals surface area contributed by atoms with E-state index in [1.54, 1.807) is 24.3 Å². The Morgan fingerprint density at radius 2 is 2.03 bits per heavy atom. The van der Waals surface area contributed by atoms with Crippen molar-refractivity contribution < 1.29 is 18.5 Å². The van der Waals surface area contributed by atoms with Crippen molar-refractivity contribution in [1.29, 1.82) is 0 Å². The number of oxazole rings is 1. The van der Waals surface area contributed by atoms with E-state index in [-0.39, 0.29) is 18.7 Å². The van der Waals surface area contributed by atoms with Crippen molar-refractivity contribution in [2.24, 2.45) is 0 Å². The van der Waals surface area contributed by atoms with E-state index in [2.05, 4.69) is 20.4 Å². The molecule has 0 radical (unpaired) electrons. The van der Waals surface area contributed by atoms with Gasteiger partial charge in [-0.25, -0.2) is 9.78 Å². The third kappa shape index (κ3) is 3.52. The number of piperidine rings is 1. The van der Waals surface area contributed by atoms with Gasteiger partial charge in [-0.3, -0.25) is 19.5 Å². The highest BCUT2D eigenvalue weighted by molar-refractivity contribution is 6.00. The summed E-state index contributed by atoms with van der Waals surface area (Å²) in [7, 11) is 0. The molecule has 0 saturated carbocycles. The number of hydrogen-bond acceptors (Lipinski definition) is 8. The van der Waals surface area contributed by atoms with E-state index in [9.17, 15) is 14.4 Å². The second-order valence-electron chi connectivity index (χ2n) is 7.36. The Morgan fingerprint density at radius 3 is 2.84 bits per heavy atom. The summed E-state index contributed by atoms with van der Waals surface area (Å²) in [5.74, 6) is -0.733. The summed E-state index contributed by atoms with van der Waals surface area (Å²) in [4.78, 5) is 44.9. The van der Waals surface area contributed by atoms with E-state index in [0.717, 1.165) is 11.3 Å². The maximum Gasteiger partial charge on any atom is 0.420 e. The first-order valence-corrected chi connectivity index (χ1v) is 9.72. The standard InChI is InChI=1S/C21H17N5O5/c1-11-3-2-4-13(22-11)19-24-18(31-25-19)10-12-5-7-16-15(9-12)26(21(29)30-16)14-6-8-17(27)23-20(14)28/h2-5,7,9,14H,6,8,10H2,1H3,(H,23,27,28). The lowest BCUT2D eigenvalue weighted by molar-refractivity contribution is -0.135. The number of imide groups is 1. The van der Waals surface area contributed by atoms with Gasteiger partial charge in [-0.2, -0.15) is 4.98 Å². The van der Waals surface area contributed by atoms with Crippen LogP contribution in [0.2, 0.25) is 0 Å². The summed E-state index contributed by atoms with van der Waals surface area (Å²) in [5.41, 5.74) is 3.08. The molecular formula is C21H17N5O5. The van der Waals surface area contributed by atoms with Crippen molar-refractivity contribution in [2.45, 2.75) is 32.2 Å². The minimum absolute atomic E-state index is 0.160. The number of hydrogen-bond donors (Lipinski definition) is 1. The van der Waals surface area contributed by atoms with E-state index in [1.165, 1.54) is 4.57 Å². The van der Waals surface area contributed by atoms with Gasteiger partial charge in [-0.05, 0) is 43.2 Å². The largest absolute Gasteiger partial charge is 0.420 e. The van der Waals surface area contributed by atoms with Crippen molar-refractivity contribution in [1.82, 2.24) is 25.0 Å². The SMILES string of the molecule is Cc1cccc(-c2noc(Cc3ccc4oc(=O)n(C5CCC(=O)NC5=O)c4c3)n2)n1. The van der Waals surface area contributed by atoms with Gasteiger partial charge in [-0.1, -0.05) is 17.3 Å². The first-order valence-electron chi connectivity index (χ1n) is 9.72. The van der Waals surface area contributed by atoms with Crippen molar-refractivity contribution in [2.75, 3.05) is 0 Å². The fraction of sp³-hybridized carbons (Fsp3) is 0.238. The maximum atomic E-state index is 12.4. The number of fused-ring (bicyclic) bond motifs is 1. The van der Waals surface area contributed by atoms with Gasteiger partial charge in [0.15, 0.2) is 5.58 Å². The Bertz CT molecular complexity index is 1380. The predicted molar refractivity (Wildman–Crippen MR) is 107 cm³/mol. The summed E-state index contributed by atoms with van der Waals surface area (Å²) < 4.78 is 11.9. The smallest absolute Gasteiger partial charge is 0.408 e. The van der Waals surface area contributed by atoms with Crippen LogP contribution in [0.4, 0.5) is 0 Å². The van der Waals surface area contributed by atoms with Crippen LogP contribution in [-0.2, 0) is 16.0 Å². The molecule has 0 aliphatic carbocycles. The number of aryl methyl sites for hydroxylation is 1. The lowest BCUT2D eigenvalue weighted by Crippen LogP contribution is -2.43. The summed E-state index contributed by atoms with van der Waals surface area (Å²) >= 11 is 0. The van der Waals surface area contributed by atoms with Gasteiger partial charge in [0, 0.05) is 12.1 Å². The molecule has 1 fully saturated rings. The molecule has 0 spiro atoms. The van der Waals surface area contributed by atoms with E-state index >= 15 is 0 Å². The first-order chi connectivity index (χ1) is 15.0. The molecule has 4 aromatic rings. The molecule has 1 unspecified atom stereocenters. The van der Waals surface area contributed by atoms with Crippen LogP contribution in [0.15, 0.2) is 50.1 Å². The van der Waals surface area contributed by atoms with Gasteiger partial charge >= 0.3 is 5.76 Å². The Hall–Kier alpha value is -4.08. The van der Waals surface area contributed by atoms with E-state index in [4.69, 9.17) is 8.94 Å². The highest BCUT2D eigenvalue weighted by atomic mass is 16.5. The monoisotopic (exact) mass is 419 g/mol. The number of amides is 2. The normalized spacial score (nSPS) is 16.6. The zero-order valence-corrected chi connectivity index (χ0v) is 16.5. The summed E-state index contributed by atoms with van der Waals surface area (Å²) in [6.07, 6.45) is 0.719. The van der Waals surface area contributed by atoms with Crippen molar-refractivity contribution in [3.63, 3.8) is 0 Å². The molecule has 5 rings (SSSR count). The van der Waals surface area contributed by atoms with Gasteiger partial charge in [0.25, 0.3) is 0 Å². The van der Waals surface area contributed by atoms with Gasteiger partial charge in [0.2, 0.25) is 23.5 Å². The number of aromatic nitrogens is 4. The lowest BCUT2D eigenvalue weighted by atomic mass is 10.1. The minimum Gasteiger partial charge on any atom is -0.408 e. The molecule has 1 aliphatic rings. The average Bonchev–Trinajstić information content (AvgIpc) is 3.32. The Kier molecular flexibility index (Phi) is 4.46. The fourth-order valence-electron chi connectivity index (χ4n) is 3.69. The molecule has 10 heteroatoms. The molecule has 1 aliphatic heterocycles. The number of rotatable bonds is 4. The molecule has 1 aromatic carbocycles. The van der Waals surface area contributed by atoms with Crippen molar-refractivity contribution in [3.8, 4) is 11.5 Å². The highest BCUT2D eigenvalue weighted by Gasteiger charge is 2.31. The zero-order valence-electron chi connectivity index (χ0n) is 16.5. The van der Waals surface area contributed by atoms with Gasteiger partial charge in [-0.15, -0.1) is 0 Å². The quantitative estimate of drug-likeness (QED) is 0.496. The number of nitrogens with one attached hydrogen (secondary N) is 1. The van der Waals surface area contributed by atoms with Crippen molar-refractivity contribution >= 4 is 22.9 Å². The van der Waals surface area contributed by atoms with E-state index < -0.39 is 17.7 Å². The molecule has 31 heavy (non-hydrogen) atoms. The second-order valence-corrected chi connectivity index (χ2v) is 7.36. The molecule has 10 nitrogen and oxygen atoms in total. The van der Waals surface area contributed by atoms with Crippen LogP contribution in [0, 0.1) is 6.92 Å². The Labute approximate surface area is 174 Å². The van der Waals surface area contributed by atoms with Crippen LogP contribution in [0.1, 0.15) is 36.0 Å². The number of pyridine rings is 1. The number of benzene rings is 1. The Morgan fingerprint density at radius 1 is 1.16 bits per heavy atom. The van der Waals surface area contributed by atoms with E-state index in [0.29, 0.717) is 34.9 Å². The van der Waals surface area contributed by atoms with Crippen LogP contribution in [-0.4, -0.2) is 31.5 Å². The molecule has 3 aromatic heterocycles. The van der Waals surface area contributed by atoms with Crippen LogP contribution in [0.25, 0.3) is 22.6 Å². The number of nitrogens with zero attached hydrogens (tertiary/aromatic N) is 4. The predicted octanol–water partition coefficient (Wildman–Crippen LogP) is 1.92. The molecule has 156 valence electrons. The molecule has 1 N–H and O–H groups in total. The summed E-state index contributed by atoms with van der Waals surface area (Å²) in [6.45, 7) is 1.88. The topological polar surface area (TPSA) is 133 Å². The van der Waals surface area contributed by atoms with Gasteiger partial charge in [0.1, 0.15) is 11.7 Å². The number of carbonyl (C=O) groups excluding carboxylic acids is 2. The maximum absolute atomic E-state index is 12.4. The average molecular weight is 419 g/mol. The Balaban J connectivity index is 1.46. The third-order valence-electron chi connectivity index (χ3n) is 5.14. The van der Waals surface area contributed by atoms with Crippen LogP contribution < -0.4 is 11.1 Å². The number of carbonyl (C=O) groups is 2. The summed E-state index contributed by atoms with van der Waals surface area (Å²) in [5, 5.41) is 6.26. The first kappa shape index (κ1) is 18.9. The highest BCUT2D eigenvalue weighted by Crippen LogP contribution is 2.25. The fourth-order valence-corrected chi connectivity index (χ4v) is 3.69. The van der Waals surface area contributed by atoms with Crippen LogP contribution >= 0.6 is 0 Å². The van der Waals surface area contributed by atoms with Gasteiger partial charge < -0.3 is 8.94 Å². The molecule has 1 atom stereocenters. The van der Waals surface area contributed by atoms with Crippen LogP contribution in [0.5, 0.6) is 0 Å². The second kappa shape index (κ2) is 7.31. The minimum atomic E-state index is -0.802. The van der Waals surface area contributed by atoms with Gasteiger partial charge in [0.05, 0.1) is 11.9 Å². The summed E-state index contributed by atoms with van der Waals surface area (Å²) in [6, 6.07) is 9.95. The van der Waals surface area contributed by atoms with Crippen molar-refractivity contribution in [3.05, 3.63) is 64.1 Å². The van der Waals surface area contributed by atoms with Crippen LogP contribution in [0.3, 0.4) is 0 Å². The molecule has 0 bridgehead atoms. The molecule has 4 heterocycles.